The predicted molar refractivity (Wildman–Crippen MR) is 444 cm³/mol. The van der Waals surface area contributed by atoms with Gasteiger partial charge in [-0.1, -0.05) is 144 Å². The molecule has 3 unspecified atom stereocenters. The maximum Gasteiger partial charge on any atom is 0.310 e. The minimum atomic E-state index is -2.41. The Morgan fingerprint density at radius 2 is 0.630 bits per heavy atom. The number of hydrogen-bond donors (Lipinski definition) is 5. The number of aryl methyl sites for hydroxylation is 4. The third-order valence-corrected chi connectivity index (χ3v) is 26.7. The van der Waals surface area contributed by atoms with Gasteiger partial charge in [0.2, 0.25) is 0 Å². The van der Waals surface area contributed by atoms with Crippen LogP contribution in [-0.2, 0) is 65.6 Å². The molecular formula is C80H122N5O18P5. The molecule has 0 aliphatic carbocycles. The first-order valence-electron chi connectivity index (χ1n) is 36.5. The van der Waals surface area contributed by atoms with Crippen molar-refractivity contribution in [3.8, 4) is 34.5 Å². The highest BCUT2D eigenvalue weighted by atomic mass is 31.2. The second kappa shape index (κ2) is 54.2. The van der Waals surface area contributed by atoms with Crippen molar-refractivity contribution in [3.63, 3.8) is 0 Å². The summed E-state index contributed by atoms with van der Waals surface area (Å²) < 4.78 is 67.8. The third-order valence-electron chi connectivity index (χ3n) is 16.4. The molecule has 0 bridgehead atoms. The van der Waals surface area contributed by atoms with Gasteiger partial charge in [0.1, 0.15) is 63.6 Å². The van der Waals surface area contributed by atoms with Gasteiger partial charge in [0.05, 0.1) is 19.6 Å². The predicted octanol–water partition coefficient (Wildman–Crippen LogP) is 21.1. The molecule has 0 fully saturated rings. The van der Waals surface area contributed by atoms with Crippen LogP contribution in [0.15, 0.2) is 175 Å². The summed E-state index contributed by atoms with van der Waals surface area (Å²) >= 11 is 0. The fraction of sp³-hybridized carbons (Fsp3) is 0.487. The fourth-order valence-electron chi connectivity index (χ4n) is 9.71. The van der Waals surface area contributed by atoms with Gasteiger partial charge < -0.3 is 62.1 Å². The van der Waals surface area contributed by atoms with Gasteiger partial charge in [-0.05, 0) is 139 Å². The molecule has 108 heavy (non-hydrogen) atoms. The van der Waals surface area contributed by atoms with Gasteiger partial charge in [-0.25, -0.2) is 4.74 Å². The molecular weight excluding hydrogens is 1470 g/mol. The Balaban J connectivity index is 0.000000463. The molecule has 0 amide bonds. The van der Waals surface area contributed by atoms with Crippen LogP contribution in [0.2, 0.25) is 0 Å². The maximum atomic E-state index is 10.8. The number of carbonyl (C=O) groups is 5. The monoisotopic (exact) mass is 1600 g/mol. The van der Waals surface area contributed by atoms with Crippen LogP contribution in [0.4, 0.5) is 0 Å². The van der Waals surface area contributed by atoms with Crippen molar-refractivity contribution in [1.29, 1.82) is 0 Å². The van der Waals surface area contributed by atoms with Crippen molar-refractivity contribution in [3.05, 3.63) is 179 Å². The standard InChI is InChI=1S/C22H38NO3P.C17H28NO5P.C17H20NO4P.2C12H18NO3P/c1-4-5-6-7-8-9-10-11-12-13-18-27(3,23-2)26-21-16-14-20(15-17-21)19-22(24)25;1-18-24(3,14-4-11-22-13-12-21-2)23-16-8-5-15(6-9-16)7-10-17(19)20;1-18-23(2,21-15-6-4-3-5-7-15)22-16-11-8-14(9-12-16)10-13-17(19)20;2*1-13-17(2,3)16-11-7-4-10(5-8-11)6-9-12(14)15/h14-17H,4-13,18-19H2,1-3H3,(H,24,25);5-6,8-9H,4,7,10-14H2,1-3H3,(H,19,20);3-9,11-12H,10,13H2,1-2H3,(H,19,20);2*4-5,7-8H,6,9H2,1-3H3,(H,14,15). The normalized spacial score (nSPS) is 12.5. The van der Waals surface area contributed by atoms with Gasteiger partial charge in [0, 0.05) is 134 Å². The molecule has 28 heteroatoms. The number of carboxylic acid groups (broad SMARTS) is 5. The van der Waals surface area contributed by atoms with Crippen molar-refractivity contribution < 1.29 is 86.1 Å². The van der Waals surface area contributed by atoms with Crippen molar-refractivity contribution >= 4 is 66.5 Å². The highest BCUT2D eigenvalue weighted by Gasteiger charge is 2.19. The molecule has 0 aliphatic rings. The number of para-hydroxylation sites is 1. The summed E-state index contributed by atoms with van der Waals surface area (Å²) in [5.41, 5.74) is 4.74. The molecule has 5 N–H and O–H groups in total. The van der Waals surface area contributed by atoms with Gasteiger partial charge in [-0.15, -0.1) is 0 Å². The first-order valence-corrected chi connectivity index (χ1v) is 48.2. The highest BCUT2D eigenvalue weighted by molar-refractivity contribution is 7.61. The quantitative estimate of drug-likeness (QED) is 0.0175. The number of nitrogens with zero attached hydrogens (tertiary/aromatic N) is 5. The van der Waals surface area contributed by atoms with E-state index in [4.69, 9.17) is 62.1 Å². The Labute approximate surface area is 643 Å². The number of hydrogen-bond acceptors (Lipinski definition) is 18. The molecule has 0 aromatic heterocycles. The molecule has 23 nitrogen and oxygen atoms in total. The summed E-state index contributed by atoms with van der Waals surface area (Å²) in [5, 5.41) is 43.4. The molecule has 0 saturated carbocycles. The van der Waals surface area contributed by atoms with E-state index in [2.05, 4.69) is 44.0 Å². The molecule has 6 rings (SSSR count). The summed E-state index contributed by atoms with van der Waals surface area (Å²) in [6.45, 7) is 18.1. The van der Waals surface area contributed by atoms with Crippen LogP contribution in [-0.4, -0.2) is 177 Å². The fourth-order valence-corrected chi connectivity index (χ4v) is 15.8. The topological polar surface area (TPSA) is 322 Å². The molecule has 0 radical (unpaired) electrons. The Morgan fingerprint density at radius 1 is 0.324 bits per heavy atom. The lowest BCUT2D eigenvalue weighted by molar-refractivity contribution is -0.138. The van der Waals surface area contributed by atoms with E-state index < -0.39 is 66.5 Å². The minimum absolute atomic E-state index is 0.0451. The van der Waals surface area contributed by atoms with E-state index in [1.54, 1.807) is 35.3 Å². The van der Waals surface area contributed by atoms with Gasteiger partial charge in [0.15, 0.2) is 0 Å². The lowest BCUT2D eigenvalue weighted by Crippen LogP contribution is -2.06. The second-order valence-electron chi connectivity index (χ2n) is 26.3. The van der Waals surface area contributed by atoms with Gasteiger partial charge in [0.25, 0.3) is 0 Å². The number of benzene rings is 6. The Bertz CT molecular complexity index is 3760. The summed E-state index contributed by atoms with van der Waals surface area (Å²) in [7, 11) is 1.13. The zero-order chi connectivity index (χ0) is 80.3. The molecule has 600 valence electrons. The average molecular weight is 1600 g/mol. The third kappa shape index (κ3) is 46.8. The smallest absolute Gasteiger partial charge is 0.310 e. The van der Waals surface area contributed by atoms with Crippen LogP contribution in [0.1, 0.15) is 131 Å². The van der Waals surface area contributed by atoms with Gasteiger partial charge in [-0.2, -0.15) is 0 Å². The largest absolute Gasteiger partial charge is 0.481 e. The van der Waals surface area contributed by atoms with Crippen LogP contribution in [0.25, 0.3) is 0 Å². The summed E-state index contributed by atoms with van der Waals surface area (Å²) in [6.07, 6.45) is 18.8. The molecule has 3 atom stereocenters. The zero-order valence-electron chi connectivity index (χ0n) is 66.1. The SMILES string of the molecule is CCCCCCCCCCCCP(C)(=NC)Oc1ccc(CC(=O)O)cc1.CN=P(C)(C)Oc1ccc(CCC(=O)O)cc1.CN=P(C)(C)Oc1ccc(CCC(=O)O)cc1.CN=P(C)(CCCOCCOC)Oc1ccc(CCC(=O)O)cc1.CN=P(C)(Oc1ccccc1)Oc1ccc(CCC(=O)O)cc1. The van der Waals surface area contributed by atoms with E-state index in [0.717, 1.165) is 76.0 Å². The molecule has 6 aromatic rings. The molecule has 0 heterocycles. The van der Waals surface area contributed by atoms with Crippen molar-refractivity contribution in [2.24, 2.45) is 23.7 Å². The minimum Gasteiger partial charge on any atom is -0.481 e. The van der Waals surface area contributed by atoms with Crippen LogP contribution in [0.5, 0.6) is 34.5 Å². The Kier molecular flexibility index (Phi) is 48.5. The van der Waals surface area contributed by atoms with Crippen molar-refractivity contribution in [1.82, 2.24) is 0 Å². The van der Waals surface area contributed by atoms with E-state index in [9.17, 15) is 24.0 Å². The number of unbranched alkanes of at least 4 members (excludes halogenated alkanes) is 9. The summed E-state index contributed by atoms with van der Waals surface area (Å²) in [6, 6.07) is 46.8. The number of ether oxygens (including phenoxy) is 2. The van der Waals surface area contributed by atoms with Crippen LogP contribution < -0.4 is 27.1 Å². The summed E-state index contributed by atoms with van der Waals surface area (Å²) in [4.78, 5) is 52.8. The lowest BCUT2D eigenvalue weighted by Gasteiger charge is -2.21. The van der Waals surface area contributed by atoms with Crippen molar-refractivity contribution in [2.45, 2.75) is 135 Å². The van der Waals surface area contributed by atoms with E-state index in [1.807, 2.05) is 192 Å². The molecule has 0 saturated heterocycles. The van der Waals surface area contributed by atoms with Gasteiger partial charge >= 0.3 is 37.4 Å². The molecule has 6 aromatic carbocycles. The Morgan fingerprint density at radius 3 is 0.935 bits per heavy atom. The number of aliphatic carboxylic acids is 5. The highest BCUT2D eigenvalue weighted by Crippen LogP contribution is 2.50. The first kappa shape index (κ1) is 96.6. The van der Waals surface area contributed by atoms with Crippen LogP contribution in [0.3, 0.4) is 0 Å². The van der Waals surface area contributed by atoms with Gasteiger partial charge in [-0.3, -0.25) is 43.0 Å². The first-order chi connectivity index (χ1) is 51.3. The van der Waals surface area contributed by atoms with Crippen LogP contribution in [0, 0.1) is 0 Å². The number of methoxy groups -OCH3 is 1. The van der Waals surface area contributed by atoms with Crippen molar-refractivity contribution in [2.75, 3.05) is 121 Å². The average Bonchev–Trinajstić information content (AvgIpc) is 0.856. The van der Waals surface area contributed by atoms with E-state index in [0.29, 0.717) is 57.0 Å². The second-order valence-corrected chi connectivity index (χ2v) is 41.3. The lowest BCUT2D eigenvalue weighted by atomic mass is 10.1. The Hall–Kier alpha value is -7.46. The van der Waals surface area contributed by atoms with E-state index in [-0.39, 0.29) is 32.1 Å². The zero-order valence-corrected chi connectivity index (χ0v) is 70.6. The molecule has 0 spiro atoms. The van der Waals surface area contributed by atoms with E-state index in [1.165, 1.54) is 57.8 Å². The van der Waals surface area contributed by atoms with Crippen LogP contribution >= 0.6 is 36.6 Å². The summed E-state index contributed by atoms with van der Waals surface area (Å²) in [5.74, 6) is 0.550. The molecule has 0 aliphatic heterocycles. The van der Waals surface area contributed by atoms with E-state index >= 15 is 0 Å². The maximum absolute atomic E-state index is 10.8. The number of carboxylic acids is 5. The number of rotatable bonds is 44.